The van der Waals surface area contributed by atoms with Gasteiger partial charge in [0, 0.05) is 13.8 Å². The Morgan fingerprint density at radius 2 is 0.750 bits per heavy atom. The summed E-state index contributed by atoms with van der Waals surface area (Å²) in [7, 11) is 0. The van der Waals surface area contributed by atoms with Crippen LogP contribution in [0, 0.1) is 0 Å². The molecular formula is C46H78N2O36. The lowest BCUT2D eigenvalue weighted by Crippen LogP contribution is -2.70. The molecule has 0 bridgehead atoms. The highest BCUT2D eigenvalue weighted by atomic mass is 16.8. The van der Waals surface area contributed by atoms with E-state index in [0.29, 0.717) is 0 Å². The first-order chi connectivity index (χ1) is 39.7. The molecule has 23 N–H and O–H groups in total. The fourth-order valence-corrected chi connectivity index (χ4v) is 10.7. The van der Waals surface area contributed by atoms with Gasteiger partial charge in [0.15, 0.2) is 44.0 Å². The lowest BCUT2D eigenvalue weighted by Gasteiger charge is -2.50. The smallest absolute Gasteiger partial charge is 0.217 e. The van der Waals surface area contributed by atoms with E-state index in [2.05, 4.69) is 10.6 Å². The molecule has 7 saturated heterocycles. The van der Waals surface area contributed by atoms with Crippen LogP contribution in [-0.2, 0) is 71.2 Å². The summed E-state index contributed by atoms with van der Waals surface area (Å²) in [5.74, 6) is -1.61. The van der Waals surface area contributed by atoms with Crippen LogP contribution in [0.2, 0.25) is 0 Å². The standard InChI is InChI=1S/C46H78N2O36/c1-10(55)47-19-25(62)35(16(7-53)73-40(19)71)80-41-20(48-11(2)56)26(63)36(17(8-54)77-41)81-45-33(70)37(82-42-30(67)27(64)21(58)13(4-50)74-42)24(61)18(78-45)9-72-46-39(84-44-32(69)29(66)34(79-44)12(57)3-49)38(23(60)15(6-52)76-46)83-43-31(68)28(65)22(59)14(5-51)75-43/h12-46,49-54,57-71H,3-9H2,1-2H3,(H,47,55)(H,48,56). The first kappa shape index (κ1) is 69.1. The maximum absolute atomic E-state index is 12.7. The van der Waals surface area contributed by atoms with E-state index < -0.39 is 273 Å². The van der Waals surface area contributed by atoms with Gasteiger partial charge in [0.05, 0.1) is 46.2 Å². The molecule has 35 atom stereocenters. The lowest BCUT2D eigenvalue weighted by atomic mass is 9.94. The summed E-state index contributed by atoms with van der Waals surface area (Å²) in [6.45, 7) is -5.15. The second-order valence-electron chi connectivity index (χ2n) is 21.1. The summed E-state index contributed by atoms with van der Waals surface area (Å²) in [5, 5.41) is 231. The number of hydrogen-bond donors (Lipinski definition) is 23. The molecule has 0 aliphatic carbocycles. The van der Waals surface area contributed by atoms with Gasteiger partial charge in [0.2, 0.25) is 11.8 Å². The lowest BCUT2D eigenvalue weighted by molar-refractivity contribution is -0.392. The molecule has 84 heavy (non-hydrogen) atoms. The number of amides is 2. The molecule has 7 fully saturated rings. The minimum absolute atomic E-state index is 0.741. The molecule has 38 nitrogen and oxygen atoms in total. The van der Waals surface area contributed by atoms with Gasteiger partial charge in [-0.05, 0) is 0 Å². The van der Waals surface area contributed by atoms with Crippen molar-refractivity contribution in [2.24, 2.45) is 0 Å². The third kappa shape index (κ3) is 14.7. The molecule has 0 radical (unpaired) electrons. The van der Waals surface area contributed by atoms with Gasteiger partial charge >= 0.3 is 0 Å². The summed E-state index contributed by atoms with van der Waals surface area (Å²) in [5.41, 5.74) is 0. The molecule has 0 aromatic heterocycles. The highest BCUT2D eigenvalue weighted by molar-refractivity contribution is 5.73. The zero-order valence-electron chi connectivity index (χ0n) is 44.7. The summed E-state index contributed by atoms with van der Waals surface area (Å²) in [6, 6.07) is -3.39. The molecular weight excluding hydrogens is 1160 g/mol. The molecule has 0 spiro atoms. The van der Waals surface area contributed by atoms with Crippen LogP contribution in [0.3, 0.4) is 0 Å². The largest absolute Gasteiger partial charge is 0.394 e. The first-order valence-corrected chi connectivity index (χ1v) is 26.6. The van der Waals surface area contributed by atoms with E-state index in [1.807, 2.05) is 0 Å². The van der Waals surface area contributed by atoms with Gasteiger partial charge < -0.3 is 179 Å². The number of aliphatic hydroxyl groups excluding tert-OH is 21. The Hall–Kier alpha value is -2.42. The minimum atomic E-state index is -2.36. The maximum Gasteiger partial charge on any atom is 0.217 e. The van der Waals surface area contributed by atoms with E-state index >= 15 is 0 Å². The molecule has 7 rings (SSSR count). The van der Waals surface area contributed by atoms with Crippen molar-refractivity contribution >= 4 is 11.8 Å². The molecule has 0 aromatic rings. The Kier molecular flexibility index (Phi) is 24.6. The number of ether oxygens (including phenoxy) is 13. The van der Waals surface area contributed by atoms with E-state index in [0.717, 1.165) is 13.8 Å². The number of rotatable bonds is 22. The molecule has 7 aliphatic heterocycles. The quantitative estimate of drug-likeness (QED) is 0.0479. The molecule has 7 aliphatic rings. The van der Waals surface area contributed by atoms with Gasteiger partial charge in [-0.1, -0.05) is 0 Å². The van der Waals surface area contributed by atoms with Crippen molar-refractivity contribution in [1.29, 1.82) is 0 Å². The van der Waals surface area contributed by atoms with E-state index in [9.17, 15) is 117 Å². The molecule has 38 heteroatoms. The van der Waals surface area contributed by atoms with Crippen molar-refractivity contribution in [1.82, 2.24) is 10.6 Å². The monoisotopic (exact) mass is 1230 g/mol. The van der Waals surface area contributed by atoms with Crippen LogP contribution < -0.4 is 10.6 Å². The van der Waals surface area contributed by atoms with Crippen LogP contribution in [0.15, 0.2) is 0 Å². The molecule has 35 unspecified atom stereocenters. The fourth-order valence-electron chi connectivity index (χ4n) is 10.7. The molecule has 0 saturated carbocycles. The van der Waals surface area contributed by atoms with Gasteiger partial charge in [-0.2, -0.15) is 0 Å². The Labute approximate surface area is 475 Å². The average molecular weight is 1240 g/mol. The topological polar surface area (TPSA) is 603 Å². The second-order valence-corrected chi connectivity index (χ2v) is 21.1. The van der Waals surface area contributed by atoms with Crippen molar-refractivity contribution in [2.75, 3.05) is 46.2 Å². The Morgan fingerprint density at radius 1 is 0.369 bits per heavy atom. The van der Waals surface area contributed by atoms with Crippen LogP contribution in [0.5, 0.6) is 0 Å². The Balaban J connectivity index is 1.21. The van der Waals surface area contributed by atoms with Gasteiger partial charge in [0.25, 0.3) is 0 Å². The van der Waals surface area contributed by atoms with Crippen LogP contribution >= 0.6 is 0 Å². The zero-order valence-corrected chi connectivity index (χ0v) is 44.7. The van der Waals surface area contributed by atoms with Crippen molar-refractivity contribution in [3.63, 3.8) is 0 Å². The predicted octanol–water partition coefficient (Wildman–Crippen LogP) is -16.0. The summed E-state index contributed by atoms with van der Waals surface area (Å²) >= 11 is 0. The highest BCUT2D eigenvalue weighted by Gasteiger charge is 2.59. The van der Waals surface area contributed by atoms with Crippen molar-refractivity contribution in [2.45, 2.75) is 229 Å². The number of hydrogen-bond acceptors (Lipinski definition) is 36. The van der Waals surface area contributed by atoms with Crippen molar-refractivity contribution in [3.8, 4) is 0 Å². The SMILES string of the molecule is CC(=O)NC1C(O)OC(CO)C(OC2OC(CO)C(OC3OC(COC4OC(CO)C(O)C(OC5OC(CO)C(O)C(O)C5O)C4OC4OC(C(O)CO)C(O)C4O)C(O)C(OC4OC(CO)C(O)C(O)C4O)C3O)C(O)C2NC(C)=O)C1O. The summed E-state index contributed by atoms with van der Waals surface area (Å²) in [6.07, 6.45) is -65.9. The van der Waals surface area contributed by atoms with E-state index in [1.54, 1.807) is 0 Å². The molecule has 488 valence electrons. The molecule has 2 amide bonds. The average Bonchev–Trinajstić information content (AvgIpc) is 1.66. The van der Waals surface area contributed by atoms with Gasteiger partial charge in [0.1, 0.15) is 171 Å². The predicted molar refractivity (Wildman–Crippen MR) is 255 cm³/mol. The van der Waals surface area contributed by atoms with Crippen LogP contribution in [-0.4, -0.2) is 380 Å². The number of carbonyl (C=O) groups excluding carboxylic acids is 2. The first-order valence-electron chi connectivity index (χ1n) is 26.6. The fraction of sp³-hybridized carbons (Fsp3) is 0.957. The molecule has 7 heterocycles. The van der Waals surface area contributed by atoms with E-state index in [-0.39, 0.29) is 0 Å². The third-order valence-corrected chi connectivity index (χ3v) is 15.3. The number of aliphatic hydroxyl groups is 21. The normalized spacial score (nSPS) is 49.7. The summed E-state index contributed by atoms with van der Waals surface area (Å²) in [4.78, 5) is 24.7. The summed E-state index contributed by atoms with van der Waals surface area (Å²) < 4.78 is 75.4. The number of carbonyl (C=O) groups is 2. The van der Waals surface area contributed by atoms with Gasteiger partial charge in [-0.3, -0.25) is 9.59 Å². The molecule has 0 aromatic carbocycles. The highest BCUT2D eigenvalue weighted by Crippen LogP contribution is 2.38. The van der Waals surface area contributed by atoms with Crippen molar-refractivity contribution in [3.05, 3.63) is 0 Å². The van der Waals surface area contributed by atoms with Crippen molar-refractivity contribution < 1.29 is 178 Å². The maximum atomic E-state index is 12.7. The minimum Gasteiger partial charge on any atom is -0.394 e. The van der Waals surface area contributed by atoms with Crippen LogP contribution in [0.25, 0.3) is 0 Å². The second kappa shape index (κ2) is 29.9. The Morgan fingerprint density at radius 3 is 1.27 bits per heavy atom. The van der Waals surface area contributed by atoms with Crippen LogP contribution in [0.1, 0.15) is 13.8 Å². The zero-order chi connectivity index (χ0) is 61.9. The number of nitrogens with one attached hydrogen (secondary N) is 2. The van der Waals surface area contributed by atoms with Crippen LogP contribution in [0.4, 0.5) is 0 Å². The van der Waals surface area contributed by atoms with E-state index in [1.165, 1.54) is 0 Å². The van der Waals surface area contributed by atoms with Gasteiger partial charge in [-0.15, -0.1) is 0 Å². The third-order valence-electron chi connectivity index (χ3n) is 15.3. The Bertz CT molecular complexity index is 2060. The van der Waals surface area contributed by atoms with E-state index in [4.69, 9.17) is 61.6 Å². The van der Waals surface area contributed by atoms with Gasteiger partial charge in [-0.25, -0.2) is 0 Å².